The van der Waals surface area contributed by atoms with Gasteiger partial charge in [0.25, 0.3) is 0 Å². The summed E-state index contributed by atoms with van der Waals surface area (Å²) in [5.74, 6) is -1.10. The zero-order chi connectivity index (χ0) is 19.3. The summed E-state index contributed by atoms with van der Waals surface area (Å²) in [6.45, 7) is 1.50. The van der Waals surface area contributed by atoms with Gasteiger partial charge < -0.3 is 10.2 Å². The molecule has 0 unspecified atom stereocenters. The number of aliphatic hydroxyl groups is 1. The van der Waals surface area contributed by atoms with Crippen LogP contribution in [-0.2, 0) is 10.3 Å². The van der Waals surface area contributed by atoms with Crippen molar-refractivity contribution in [3.8, 4) is 0 Å². The summed E-state index contributed by atoms with van der Waals surface area (Å²) in [7, 11) is 0. The van der Waals surface area contributed by atoms with Crippen LogP contribution in [0, 0.1) is 6.92 Å². The average Bonchev–Trinajstić information content (AvgIpc) is 2.71. The number of rotatable bonds is 7. The third-order valence-corrected chi connectivity index (χ3v) is 4.83. The van der Waals surface area contributed by atoms with E-state index in [-0.39, 0.29) is 0 Å². The maximum Gasteiger partial charge on any atom is 0.323 e. The van der Waals surface area contributed by atoms with E-state index >= 15 is 0 Å². The van der Waals surface area contributed by atoms with Crippen molar-refractivity contribution in [1.29, 1.82) is 0 Å². The molecule has 0 aliphatic carbocycles. The Balaban J connectivity index is 2.35. The minimum absolute atomic E-state index is 0.511. The van der Waals surface area contributed by atoms with Crippen molar-refractivity contribution in [2.75, 3.05) is 6.61 Å². The molecule has 0 fully saturated rings. The molecule has 0 saturated heterocycles. The maximum atomic E-state index is 11.8. The fourth-order valence-corrected chi connectivity index (χ4v) is 3.54. The Morgan fingerprint density at radius 1 is 0.889 bits per heavy atom. The lowest BCUT2D eigenvalue weighted by Gasteiger charge is -2.39. The summed E-state index contributed by atoms with van der Waals surface area (Å²) in [6.07, 6.45) is 0. The summed E-state index contributed by atoms with van der Waals surface area (Å²) >= 11 is 0. The number of hydrogen-bond acceptors (Lipinski definition) is 3. The van der Waals surface area contributed by atoms with Crippen LogP contribution in [-0.4, -0.2) is 28.8 Å². The molecule has 0 heterocycles. The van der Waals surface area contributed by atoms with Gasteiger partial charge in [-0.3, -0.25) is 10.1 Å². The summed E-state index contributed by atoms with van der Waals surface area (Å²) in [5.41, 5.74) is 2.87. The summed E-state index contributed by atoms with van der Waals surface area (Å²) in [5, 5.41) is 22.6. The van der Waals surface area contributed by atoms with E-state index < -0.39 is 24.2 Å². The molecule has 0 bridgehead atoms. The Hall–Kier alpha value is -2.95. The van der Waals surface area contributed by atoms with Gasteiger partial charge in [-0.1, -0.05) is 84.9 Å². The van der Waals surface area contributed by atoms with Gasteiger partial charge in [0.15, 0.2) is 0 Å². The molecule has 3 aromatic rings. The van der Waals surface area contributed by atoms with Gasteiger partial charge in [0.2, 0.25) is 0 Å². The first-order valence-corrected chi connectivity index (χ1v) is 8.88. The predicted octanol–water partition coefficient (Wildman–Crippen LogP) is 3.32. The number of benzene rings is 3. The lowest BCUT2D eigenvalue weighted by atomic mass is 9.75. The zero-order valence-electron chi connectivity index (χ0n) is 15.2. The van der Waals surface area contributed by atoms with Gasteiger partial charge in [0.1, 0.15) is 6.04 Å². The monoisotopic (exact) mass is 361 g/mol. The second kappa shape index (κ2) is 8.16. The van der Waals surface area contributed by atoms with Crippen LogP contribution in [0.3, 0.4) is 0 Å². The molecule has 0 saturated carbocycles. The third kappa shape index (κ3) is 3.63. The first kappa shape index (κ1) is 18.8. The molecule has 27 heavy (non-hydrogen) atoms. The largest absolute Gasteiger partial charge is 0.480 e. The Bertz CT molecular complexity index is 854. The van der Waals surface area contributed by atoms with E-state index in [2.05, 4.69) is 5.32 Å². The number of hydrogen-bond donors (Lipinski definition) is 3. The number of aliphatic hydroxyl groups excluding tert-OH is 1. The van der Waals surface area contributed by atoms with E-state index in [4.69, 9.17) is 0 Å². The van der Waals surface area contributed by atoms with Crippen LogP contribution in [0.4, 0.5) is 0 Å². The number of carboxylic acids is 1. The van der Waals surface area contributed by atoms with E-state index in [1.54, 1.807) is 0 Å². The van der Waals surface area contributed by atoms with Gasteiger partial charge >= 0.3 is 5.97 Å². The highest BCUT2D eigenvalue weighted by Crippen LogP contribution is 2.38. The Morgan fingerprint density at radius 2 is 1.37 bits per heavy atom. The first-order valence-electron chi connectivity index (χ1n) is 8.88. The quantitative estimate of drug-likeness (QED) is 0.565. The summed E-state index contributed by atoms with van der Waals surface area (Å²) in [6, 6.07) is 26.3. The molecule has 3 rings (SSSR count). The molecular weight excluding hydrogens is 338 g/mol. The second-order valence-electron chi connectivity index (χ2n) is 6.51. The number of nitrogens with one attached hydrogen (secondary N) is 1. The fourth-order valence-electron chi connectivity index (χ4n) is 3.54. The molecule has 0 aliphatic rings. The zero-order valence-corrected chi connectivity index (χ0v) is 15.2. The highest BCUT2D eigenvalue weighted by molar-refractivity contribution is 5.74. The lowest BCUT2D eigenvalue weighted by molar-refractivity contribution is -0.141. The van der Waals surface area contributed by atoms with Crippen molar-refractivity contribution in [3.05, 3.63) is 107 Å². The normalized spacial score (nSPS) is 12.5. The maximum absolute atomic E-state index is 11.8. The minimum Gasteiger partial charge on any atom is -0.480 e. The molecule has 0 amide bonds. The van der Waals surface area contributed by atoms with Crippen molar-refractivity contribution in [2.24, 2.45) is 0 Å². The van der Waals surface area contributed by atoms with E-state index in [0.717, 1.165) is 22.3 Å². The molecule has 3 N–H and O–H groups in total. The van der Waals surface area contributed by atoms with Crippen molar-refractivity contribution in [3.63, 3.8) is 0 Å². The van der Waals surface area contributed by atoms with Crippen LogP contribution < -0.4 is 5.32 Å². The lowest BCUT2D eigenvalue weighted by Crippen LogP contribution is -2.54. The SMILES string of the molecule is Cc1ccccc1C(N[C@@H](CO)C(=O)O)(c1ccccc1)c1ccccc1. The Labute approximate surface area is 159 Å². The minimum atomic E-state index is -1.12. The molecule has 0 radical (unpaired) electrons. The van der Waals surface area contributed by atoms with Crippen molar-refractivity contribution in [1.82, 2.24) is 5.32 Å². The summed E-state index contributed by atoms with van der Waals surface area (Å²) < 4.78 is 0. The van der Waals surface area contributed by atoms with Crippen molar-refractivity contribution in [2.45, 2.75) is 18.5 Å². The second-order valence-corrected chi connectivity index (χ2v) is 6.51. The van der Waals surface area contributed by atoms with Gasteiger partial charge in [-0.2, -0.15) is 0 Å². The van der Waals surface area contributed by atoms with Crippen LogP contribution in [0.2, 0.25) is 0 Å². The number of aliphatic carboxylic acids is 1. The molecule has 138 valence electrons. The summed E-state index contributed by atoms with van der Waals surface area (Å²) in [4.78, 5) is 11.8. The number of carbonyl (C=O) groups is 1. The van der Waals surface area contributed by atoms with E-state index in [9.17, 15) is 15.0 Å². The predicted molar refractivity (Wildman–Crippen MR) is 106 cm³/mol. The van der Waals surface area contributed by atoms with Gasteiger partial charge in [0, 0.05) is 0 Å². The molecule has 1 atom stereocenters. The molecular formula is C23H23NO3. The van der Waals surface area contributed by atoms with Gasteiger partial charge in [0.05, 0.1) is 12.1 Å². The van der Waals surface area contributed by atoms with Gasteiger partial charge in [-0.05, 0) is 29.2 Å². The van der Waals surface area contributed by atoms with Crippen LogP contribution in [0.25, 0.3) is 0 Å². The van der Waals surface area contributed by atoms with Crippen LogP contribution in [0.1, 0.15) is 22.3 Å². The molecule has 0 aromatic heterocycles. The smallest absolute Gasteiger partial charge is 0.323 e. The Kier molecular flexibility index (Phi) is 5.69. The first-order chi connectivity index (χ1) is 13.1. The third-order valence-electron chi connectivity index (χ3n) is 4.83. The Morgan fingerprint density at radius 3 is 1.81 bits per heavy atom. The average molecular weight is 361 g/mol. The van der Waals surface area contributed by atoms with Crippen LogP contribution in [0.15, 0.2) is 84.9 Å². The van der Waals surface area contributed by atoms with E-state index in [1.807, 2.05) is 91.9 Å². The van der Waals surface area contributed by atoms with Crippen LogP contribution >= 0.6 is 0 Å². The highest BCUT2D eigenvalue weighted by atomic mass is 16.4. The number of carboxylic acid groups (broad SMARTS) is 1. The standard InChI is InChI=1S/C23H23NO3/c1-17-10-8-9-15-20(17)23(18-11-4-2-5-12-18,19-13-6-3-7-14-19)24-21(16-25)22(26)27/h2-15,21,24-25H,16H2,1H3,(H,26,27)/t21-/m0/s1. The molecule has 3 aromatic carbocycles. The van der Waals surface area contributed by atoms with Crippen LogP contribution in [0.5, 0.6) is 0 Å². The van der Waals surface area contributed by atoms with Crippen molar-refractivity contribution < 1.29 is 15.0 Å². The molecule has 0 spiro atoms. The fraction of sp³-hybridized carbons (Fsp3) is 0.174. The highest BCUT2D eigenvalue weighted by Gasteiger charge is 2.40. The van der Waals surface area contributed by atoms with Crippen molar-refractivity contribution >= 4 is 5.97 Å². The van der Waals surface area contributed by atoms with E-state index in [0.29, 0.717) is 0 Å². The number of aryl methyl sites for hydroxylation is 1. The molecule has 4 heteroatoms. The van der Waals surface area contributed by atoms with Gasteiger partial charge in [-0.15, -0.1) is 0 Å². The molecule has 4 nitrogen and oxygen atoms in total. The molecule has 0 aliphatic heterocycles. The van der Waals surface area contributed by atoms with Gasteiger partial charge in [-0.25, -0.2) is 0 Å². The topological polar surface area (TPSA) is 69.6 Å². The van der Waals surface area contributed by atoms with E-state index in [1.165, 1.54) is 0 Å².